The summed E-state index contributed by atoms with van der Waals surface area (Å²) in [5, 5.41) is 6.25. The Morgan fingerprint density at radius 1 is 1.39 bits per heavy atom. The smallest absolute Gasteiger partial charge is 0.221 e. The van der Waals surface area contributed by atoms with Gasteiger partial charge in [0, 0.05) is 25.6 Å². The summed E-state index contributed by atoms with van der Waals surface area (Å²) in [6, 6.07) is 8.23. The zero-order valence-corrected chi connectivity index (χ0v) is 14.1. The van der Waals surface area contributed by atoms with Crippen molar-refractivity contribution in [2.24, 2.45) is 5.92 Å². The molecule has 0 radical (unpaired) electrons. The van der Waals surface area contributed by atoms with Gasteiger partial charge in [-0.15, -0.1) is 0 Å². The van der Waals surface area contributed by atoms with E-state index in [1.807, 2.05) is 12.1 Å². The molecular formula is C18H28N2O3. The van der Waals surface area contributed by atoms with Crippen LogP contribution in [0.5, 0.6) is 5.75 Å². The molecule has 1 aliphatic rings. The molecule has 1 aliphatic heterocycles. The minimum atomic E-state index is 0.0740. The van der Waals surface area contributed by atoms with Gasteiger partial charge < -0.3 is 20.1 Å². The van der Waals surface area contributed by atoms with Crippen molar-refractivity contribution in [1.82, 2.24) is 10.6 Å². The summed E-state index contributed by atoms with van der Waals surface area (Å²) in [4.78, 5) is 11.9. The average Bonchev–Trinajstić information content (AvgIpc) is 2.55. The maximum Gasteiger partial charge on any atom is 0.221 e. The van der Waals surface area contributed by atoms with Crippen LogP contribution in [0.15, 0.2) is 24.3 Å². The second-order valence-corrected chi connectivity index (χ2v) is 6.38. The van der Waals surface area contributed by atoms with Crippen molar-refractivity contribution in [3.8, 4) is 5.75 Å². The summed E-state index contributed by atoms with van der Waals surface area (Å²) in [5.41, 5.74) is 1.20. The number of amides is 1. The summed E-state index contributed by atoms with van der Waals surface area (Å²) in [7, 11) is 0. The largest absolute Gasteiger partial charge is 0.493 e. The summed E-state index contributed by atoms with van der Waals surface area (Å²) in [6.07, 6.45) is 1.30. The first-order valence-electron chi connectivity index (χ1n) is 8.43. The average molecular weight is 320 g/mol. The highest BCUT2D eigenvalue weighted by Crippen LogP contribution is 2.13. The predicted octanol–water partition coefficient (Wildman–Crippen LogP) is 1.76. The second kappa shape index (κ2) is 9.53. The van der Waals surface area contributed by atoms with E-state index < -0.39 is 0 Å². The van der Waals surface area contributed by atoms with Gasteiger partial charge in [0.15, 0.2) is 0 Å². The van der Waals surface area contributed by atoms with Gasteiger partial charge in [-0.1, -0.05) is 26.0 Å². The maximum atomic E-state index is 11.9. The lowest BCUT2D eigenvalue weighted by Crippen LogP contribution is -2.44. The van der Waals surface area contributed by atoms with Crippen molar-refractivity contribution >= 4 is 5.91 Å². The van der Waals surface area contributed by atoms with Gasteiger partial charge in [0.2, 0.25) is 5.91 Å². The molecule has 0 aliphatic carbocycles. The van der Waals surface area contributed by atoms with Crippen LogP contribution in [0.2, 0.25) is 0 Å². The number of hydrogen-bond donors (Lipinski definition) is 2. The second-order valence-electron chi connectivity index (χ2n) is 6.38. The molecule has 1 atom stereocenters. The number of hydrogen-bond acceptors (Lipinski definition) is 4. The number of nitrogens with one attached hydrogen (secondary N) is 2. The monoisotopic (exact) mass is 320 g/mol. The molecule has 2 rings (SSSR count). The molecule has 1 aromatic carbocycles. The lowest BCUT2D eigenvalue weighted by atomic mass is 10.1. The van der Waals surface area contributed by atoms with E-state index in [0.717, 1.165) is 31.9 Å². The normalized spacial score (nSPS) is 18.0. The van der Waals surface area contributed by atoms with E-state index in [0.29, 0.717) is 25.5 Å². The summed E-state index contributed by atoms with van der Waals surface area (Å²) >= 11 is 0. The van der Waals surface area contributed by atoms with Crippen molar-refractivity contribution in [2.45, 2.75) is 32.7 Å². The predicted molar refractivity (Wildman–Crippen MR) is 90.7 cm³/mol. The van der Waals surface area contributed by atoms with E-state index in [9.17, 15) is 4.79 Å². The Balaban J connectivity index is 1.64. The summed E-state index contributed by atoms with van der Waals surface area (Å²) < 4.78 is 11.0. The topological polar surface area (TPSA) is 59.6 Å². The van der Waals surface area contributed by atoms with Gasteiger partial charge in [-0.05, 0) is 30.0 Å². The highest BCUT2D eigenvalue weighted by atomic mass is 16.5. The van der Waals surface area contributed by atoms with E-state index in [2.05, 4.69) is 36.6 Å². The number of ether oxygens (including phenoxy) is 2. The lowest BCUT2D eigenvalue weighted by Gasteiger charge is -2.23. The number of carbonyl (C=O) groups is 1. The van der Waals surface area contributed by atoms with Crippen LogP contribution in [-0.2, 0) is 16.0 Å². The van der Waals surface area contributed by atoms with E-state index >= 15 is 0 Å². The zero-order chi connectivity index (χ0) is 16.5. The number of morpholine rings is 1. The Morgan fingerprint density at radius 3 is 2.83 bits per heavy atom. The quantitative estimate of drug-likeness (QED) is 0.766. The first kappa shape index (κ1) is 17.8. The first-order valence-corrected chi connectivity index (χ1v) is 8.43. The molecule has 5 heteroatoms. The molecule has 0 bridgehead atoms. The molecule has 2 N–H and O–H groups in total. The van der Waals surface area contributed by atoms with Gasteiger partial charge in [-0.3, -0.25) is 4.79 Å². The molecule has 23 heavy (non-hydrogen) atoms. The molecular weight excluding hydrogens is 292 g/mol. The molecule has 0 saturated carbocycles. The molecule has 1 heterocycles. The summed E-state index contributed by atoms with van der Waals surface area (Å²) in [5.74, 6) is 1.49. The van der Waals surface area contributed by atoms with E-state index in [1.165, 1.54) is 5.56 Å². The third-order valence-corrected chi connectivity index (χ3v) is 3.67. The Hall–Kier alpha value is -1.59. The van der Waals surface area contributed by atoms with Crippen LogP contribution in [0.3, 0.4) is 0 Å². The molecule has 5 nitrogen and oxygen atoms in total. The molecule has 1 unspecified atom stereocenters. The van der Waals surface area contributed by atoms with Crippen LogP contribution in [0.4, 0.5) is 0 Å². The van der Waals surface area contributed by atoms with E-state index in [-0.39, 0.29) is 11.9 Å². The van der Waals surface area contributed by atoms with Crippen LogP contribution in [0.25, 0.3) is 0 Å². The molecule has 1 aromatic rings. The SMILES string of the molecule is CC(C)COc1ccc(CCNC(=O)CC2COCCN2)cc1. The lowest BCUT2D eigenvalue weighted by molar-refractivity contribution is -0.122. The molecule has 1 amide bonds. The van der Waals surface area contributed by atoms with Crippen molar-refractivity contribution in [3.05, 3.63) is 29.8 Å². The zero-order valence-electron chi connectivity index (χ0n) is 14.1. The van der Waals surface area contributed by atoms with Crippen LogP contribution < -0.4 is 15.4 Å². The number of rotatable bonds is 8. The van der Waals surface area contributed by atoms with Gasteiger partial charge >= 0.3 is 0 Å². The Bertz CT molecular complexity index is 468. The Morgan fingerprint density at radius 2 is 2.17 bits per heavy atom. The fourth-order valence-corrected chi connectivity index (χ4v) is 2.41. The van der Waals surface area contributed by atoms with Crippen LogP contribution in [-0.4, -0.2) is 44.9 Å². The maximum absolute atomic E-state index is 11.9. The van der Waals surface area contributed by atoms with Crippen LogP contribution in [0.1, 0.15) is 25.8 Å². The van der Waals surface area contributed by atoms with Gasteiger partial charge in [0.25, 0.3) is 0 Å². The van der Waals surface area contributed by atoms with Crippen LogP contribution in [0, 0.1) is 5.92 Å². The Labute approximate surface area is 138 Å². The van der Waals surface area contributed by atoms with Gasteiger partial charge in [0.05, 0.1) is 19.8 Å². The van der Waals surface area contributed by atoms with Gasteiger partial charge in [-0.25, -0.2) is 0 Å². The molecule has 1 fully saturated rings. The fraction of sp³-hybridized carbons (Fsp3) is 0.611. The molecule has 0 aromatic heterocycles. The minimum absolute atomic E-state index is 0.0740. The number of benzene rings is 1. The Kier molecular flexibility index (Phi) is 7.36. The first-order chi connectivity index (χ1) is 11.1. The van der Waals surface area contributed by atoms with Crippen molar-refractivity contribution < 1.29 is 14.3 Å². The van der Waals surface area contributed by atoms with E-state index in [1.54, 1.807) is 0 Å². The fourth-order valence-electron chi connectivity index (χ4n) is 2.41. The van der Waals surface area contributed by atoms with Crippen molar-refractivity contribution in [1.29, 1.82) is 0 Å². The van der Waals surface area contributed by atoms with Crippen molar-refractivity contribution in [3.63, 3.8) is 0 Å². The molecule has 1 saturated heterocycles. The molecule has 128 valence electrons. The minimum Gasteiger partial charge on any atom is -0.493 e. The van der Waals surface area contributed by atoms with Crippen LogP contribution >= 0.6 is 0 Å². The summed E-state index contributed by atoms with van der Waals surface area (Å²) in [6.45, 7) is 7.81. The third-order valence-electron chi connectivity index (χ3n) is 3.67. The van der Waals surface area contributed by atoms with Gasteiger partial charge in [0.1, 0.15) is 5.75 Å². The van der Waals surface area contributed by atoms with Crippen molar-refractivity contribution in [2.75, 3.05) is 32.9 Å². The molecule has 0 spiro atoms. The third kappa shape index (κ3) is 7.01. The van der Waals surface area contributed by atoms with E-state index in [4.69, 9.17) is 9.47 Å². The number of carbonyl (C=O) groups excluding carboxylic acids is 1. The standard InChI is InChI=1S/C18H28N2O3/c1-14(2)12-23-17-5-3-15(4-6-17)7-8-20-18(21)11-16-13-22-10-9-19-16/h3-6,14,16,19H,7-13H2,1-2H3,(H,20,21). The van der Waals surface area contributed by atoms with Gasteiger partial charge in [-0.2, -0.15) is 0 Å². The highest BCUT2D eigenvalue weighted by Gasteiger charge is 2.16. The highest BCUT2D eigenvalue weighted by molar-refractivity contribution is 5.76.